The van der Waals surface area contributed by atoms with Gasteiger partial charge in [0.25, 0.3) is 0 Å². The van der Waals surface area contributed by atoms with E-state index in [1.807, 2.05) is 0 Å². The molecule has 0 saturated carbocycles. The van der Waals surface area contributed by atoms with Gasteiger partial charge in [-0.3, -0.25) is 0 Å². The number of hydrogen-bond acceptors (Lipinski definition) is 1. The first kappa shape index (κ1) is 29.6. The highest BCUT2D eigenvalue weighted by Gasteiger charge is 2.36. The van der Waals surface area contributed by atoms with Crippen LogP contribution >= 0.6 is 10.0 Å². The summed E-state index contributed by atoms with van der Waals surface area (Å²) >= 11 is 0. The molecule has 2 bridgehead atoms. The van der Waals surface area contributed by atoms with Crippen molar-refractivity contribution >= 4 is 38.3 Å². The van der Waals surface area contributed by atoms with Crippen LogP contribution < -0.4 is 4.74 Å². The third-order valence-corrected chi connectivity index (χ3v) is 13.9. The molecule has 2 nitrogen and oxygen atoms in total. The van der Waals surface area contributed by atoms with Gasteiger partial charge in [-0.25, -0.2) is 0 Å². The number of ether oxygens (including phenoxy) is 1. The molecule has 4 aromatic carbocycles. The molecule has 0 unspecified atom stereocenters. The highest BCUT2D eigenvalue weighted by molar-refractivity contribution is 8.37. The highest BCUT2D eigenvalue weighted by atomic mass is 32.3. The Morgan fingerprint density at radius 1 is 0.612 bits per heavy atom. The largest absolute Gasteiger partial charge is 0.461 e. The molecule has 0 radical (unpaired) electrons. The monoisotopic (exact) mass is 651 g/mol. The lowest BCUT2D eigenvalue weighted by Gasteiger charge is -2.44. The maximum atomic E-state index is 6.75. The Morgan fingerprint density at radius 3 is 2.20 bits per heavy atom. The Bertz CT molecular complexity index is 2300. The van der Waals surface area contributed by atoms with E-state index in [9.17, 15) is 0 Å². The first-order valence-electron chi connectivity index (χ1n) is 17.2. The fourth-order valence-electron chi connectivity index (χ4n) is 7.74. The number of fused-ring (bicyclic) bond motifs is 8. The van der Waals surface area contributed by atoms with E-state index in [-0.39, 0.29) is 0 Å². The molecule has 238 valence electrons. The van der Waals surface area contributed by atoms with E-state index < -0.39 is 10.0 Å². The third-order valence-electron chi connectivity index (χ3n) is 9.94. The smallest absolute Gasteiger partial charge is 0.134 e. The summed E-state index contributed by atoms with van der Waals surface area (Å²) in [5.41, 5.74) is 7.51. The summed E-state index contributed by atoms with van der Waals surface area (Å²) in [4.78, 5) is 5.41. The van der Waals surface area contributed by atoms with Crippen LogP contribution in [0.5, 0.6) is 5.75 Å². The number of benzene rings is 4. The van der Waals surface area contributed by atoms with Crippen LogP contribution in [0.15, 0.2) is 195 Å². The van der Waals surface area contributed by atoms with Gasteiger partial charge < -0.3 is 9.30 Å². The van der Waals surface area contributed by atoms with Crippen molar-refractivity contribution in [1.82, 2.24) is 4.57 Å². The molecular weight excluding hydrogens is 615 g/mol. The maximum absolute atomic E-state index is 6.75. The predicted octanol–water partition coefficient (Wildman–Crippen LogP) is 12.4. The fraction of sp³-hybridized carbons (Fsp3) is 0.0870. The summed E-state index contributed by atoms with van der Waals surface area (Å²) in [6.45, 7) is 0. The summed E-state index contributed by atoms with van der Waals surface area (Å²) in [5.74, 6) is 1.93. The van der Waals surface area contributed by atoms with E-state index in [0.29, 0.717) is 0 Å². The number of allylic oxidation sites excluding steroid dienone is 15. The maximum Gasteiger partial charge on any atom is 0.134 e. The lowest BCUT2D eigenvalue weighted by Crippen LogP contribution is -2.08. The number of rotatable bonds is 5. The van der Waals surface area contributed by atoms with Crippen LogP contribution in [-0.2, 0) is 6.42 Å². The molecule has 3 aliphatic carbocycles. The molecule has 0 atom stereocenters. The van der Waals surface area contributed by atoms with Crippen molar-refractivity contribution in [3.05, 3.63) is 197 Å². The van der Waals surface area contributed by atoms with Crippen molar-refractivity contribution in [1.29, 1.82) is 0 Å². The minimum Gasteiger partial charge on any atom is -0.461 e. The van der Waals surface area contributed by atoms with Gasteiger partial charge in [0.05, 0.1) is 5.52 Å². The molecule has 0 fully saturated rings. The van der Waals surface area contributed by atoms with Gasteiger partial charge in [-0.1, -0.05) is 109 Å². The molecule has 1 aliphatic heterocycles. The Kier molecular flexibility index (Phi) is 7.56. The topological polar surface area (TPSA) is 14.2 Å². The molecule has 0 saturated heterocycles. The number of para-hydroxylation sites is 1. The van der Waals surface area contributed by atoms with Crippen LogP contribution in [0.3, 0.4) is 0 Å². The number of hydrogen-bond donors (Lipinski definition) is 0. The predicted molar refractivity (Wildman–Crippen MR) is 207 cm³/mol. The molecule has 0 amide bonds. The fourth-order valence-corrected chi connectivity index (χ4v) is 11.8. The second-order valence-electron chi connectivity index (χ2n) is 12.7. The summed E-state index contributed by atoms with van der Waals surface area (Å²) in [5, 5.41) is 1.28. The molecule has 5 aromatic rings. The quantitative estimate of drug-likeness (QED) is 0.184. The Hall–Kier alpha value is -5.51. The van der Waals surface area contributed by atoms with Crippen LogP contribution in [0.4, 0.5) is 0 Å². The van der Waals surface area contributed by atoms with Gasteiger partial charge in [-0.05, 0) is 90.1 Å². The van der Waals surface area contributed by atoms with Gasteiger partial charge >= 0.3 is 0 Å². The Labute approximate surface area is 290 Å². The van der Waals surface area contributed by atoms with E-state index in [1.165, 1.54) is 58.6 Å². The summed E-state index contributed by atoms with van der Waals surface area (Å²) in [6.07, 6.45) is 30.4. The molecule has 0 spiro atoms. The van der Waals surface area contributed by atoms with Crippen molar-refractivity contribution in [2.24, 2.45) is 0 Å². The summed E-state index contributed by atoms with van der Waals surface area (Å²) < 4.78 is 9.22. The second-order valence-corrected chi connectivity index (χ2v) is 15.9. The molecule has 0 N–H and O–H groups in total. The number of nitrogens with zero attached hydrogens (tertiary/aromatic N) is 1. The minimum absolute atomic E-state index is 0.867. The molecule has 49 heavy (non-hydrogen) atoms. The average molecular weight is 652 g/mol. The molecule has 1 aromatic heterocycles. The van der Waals surface area contributed by atoms with Crippen molar-refractivity contribution < 1.29 is 4.74 Å². The third kappa shape index (κ3) is 5.05. The molecule has 3 heteroatoms. The molecule has 4 aliphatic rings. The van der Waals surface area contributed by atoms with E-state index in [1.54, 1.807) is 0 Å². The normalized spacial score (nSPS) is 16.9. The van der Waals surface area contributed by atoms with Gasteiger partial charge in [0.2, 0.25) is 0 Å². The van der Waals surface area contributed by atoms with E-state index in [4.69, 9.17) is 4.74 Å². The van der Waals surface area contributed by atoms with Crippen LogP contribution in [0, 0.1) is 0 Å². The van der Waals surface area contributed by atoms with Gasteiger partial charge in [0.1, 0.15) is 11.5 Å². The van der Waals surface area contributed by atoms with Crippen LogP contribution in [0.25, 0.3) is 28.2 Å². The van der Waals surface area contributed by atoms with Crippen molar-refractivity contribution in [3.8, 4) is 5.75 Å². The Morgan fingerprint density at radius 2 is 1.37 bits per heavy atom. The van der Waals surface area contributed by atoms with Gasteiger partial charge in [-0.2, -0.15) is 0 Å². The van der Waals surface area contributed by atoms with Crippen LogP contribution in [0.2, 0.25) is 0 Å². The first-order valence-corrected chi connectivity index (χ1v) is 18.8. The SMILES string of the molecule is C1=CC=C(S(c2ccccc2)(c2ccccc2)c2ccc3c(c2)C2=CC(n4c5c(c6ccccc64)C=CC=CC5)=CC=C(CC2)O3)CC=C1. The standard InChI is InChI=1S/C46H37NOS/c1-2-7-17-37(16-6-1)49(38-18-8-3-9-19-38,39-20-10-4-11-21-39)40-30-31-46-43(33-40)34-26-28-36(48-46)29-27-35(32-34)47-44-24-13-5-12-22-41(44)42-23-14-15-25-45(42)47/h1-16,18-23,25,27,29-33H,17,24,26,28H2. The summed E-state index contributed by atoms with van der Waals surface area (Å²) in [6, 6.07) is 38.1. The van der Waals surface area contributed by atoms with Crippen molar-refractivity contribution in [3.63, 3.8) is 0 Å². The number of aromatic nitrogens is 1. The zero-order valence-corrected chi connectivity index (χ0v) is 28.2. The zero-order chi connectivity index (χ0) is 32.6. The minimum atomic E-state index is -1.81. The average Bonchev–Trinajstić information content (AvgIpc) is 3.44. The van der Waals surface area contributed by atoms with E-state index in [0.717, 1.165) is 37.2 Å². The van der Waals surface area contributed by atoms with Gasteiger partial charge in [0, 0.05) is 55.4 Å². The second kappa shape index (κ2) is 12.5. The molecule has 9 rings (SSSR count). The zero-order valence-electron chi connectivity index (χ0n) is 27.3. The van der Waals surface area contributed by atoms with E-state index >= 15 is 0 Å². The van der Waals surface area contributed by atoms with E-state index in [2.05, 4.69) is 181 Å². The van der Waals surface area contributed by atoms with Crippen LogP contribution in [0.1, 0.15) is 36.1 Å². The van der Waals surface area contributed by atoms with Crippen LogP contribution in [-0.4, -0.2) is 4.57 Å². The summed E-state index contributed by atoms with van der Waals surface area (Å²) in [7, 11) is -1.81. The molecular formula is C46H37NOS. The van der Waals surface area contributed by atoms with Gasteiger partial charge in [0.15, 0.2) is 0 Å². The highest BCUT2D eigenvalue weighted by Crippen LogP contribution is 2.74. The molecule has 2 heterocycles. The first-order chi connectivity index (χ1) is 24.3. The lowest BCUT2D eigenvalue weighted by atomic mass is 9.98. The Balaban J connectivity index is 1.28. The van der Waals surface area contributed by atoms with Crippen molar-refractivity contribution in [2.75, 3.05) is 0 Å². The van der Waals surface area contributed by atoms with Gasteiger partial charge in [-0.15, -0.1) is 10.0 Å². The lowest BCUT2D eigenvalue weighted by molar-refractivity contribution is 0.410. The van der Waals surface area contributed by atoms with Crippen molar-refractivity contribution in [2.45, 2.75) is 40.4 Å².